The van der Waals surface area contributed by atoms with Crippen LogP contribution in [0.3, 0.4) is 0 Å². The maximum atomic E-state index is 9.02. The standard InChI is InChI=1S/C13H15NO2/c1-15-13-3-2-11(8-12(13)9-14)10-4-6-16-7-5-10/h2-3,8,10H,4-7H2,1H3. The van der Waals surface area contributed by atoms with E-state index >= 15 is 0 Å². The van der Waals surface area contributed by atoms with Crippen molar-refractivity contribution >= 4 is 0 Å². The van der Waals surface area contributed by atoms with E-state index in [0.29, 0.717) is 17.2 Å². The highest BCUT2D eigenvalue weighted by molar-refractivity contribution is 5.46. The average Bonchev–Trinajstić information content (AvgIpc) is 2.39. The number of rotatable bonds is 2. The topological polar surface area (TPSA) is 42.2 Å². The van der Waals surface area contributed by atoms with Gasteiger partial charge >= 0.3 is 0 Å². The van der Waals surface area contributed by atoms with Crippen LogP contribution < -0.4 is 4.74 Å². The Morgan fingerprint density at radius 2 is 2.12 bits per heavy atom. The van der Waals surface area contributed by atoms with Crippen molar-refractivity contribution < 1.29 is 9.47 Å². The number of benzene rings is 1. The molecule has 1 aromatic rings. The van der Waals surface area contributed by atoms with Gasteiger partial charge in [0, 0.05) is 13.2 Å². The van der Waals surface area contributed by atoms with Gasteiger partial charge in [-0.1, -0.05) is 6.07 Å². The lowest BCUT2D eigenvalue weighted by atomic mass is 9.90. The highest BCUT2D eigenvalue weighted by Gasteiger charge is 2.17. The maximum Gasteiger partial charge on any atom is 0.136 e. The molecule has 1 fully saturated rings. The van der Waals surface area contributed by atoms with Crippen molar-refractivity contribution in [2.45, 2.75) is 18.8 Å². The van der Waals surface area contributed by atoms with Gasteiger partial charge in [0.05, 0.1) is 12.7 Å². The van der Waals surface area contributed by atoms with Crippen LogP contribution in [0.5, 0.6) is 5.75 Å². The molecule has 0 aromatic heterocycles. The summed E-state index contributed by atoms with van der Waals surface area (Å²) in [5.41, 5.74) is 1.84. The lowest BCUT2D eigenvalue weighted by molar-refractivity contribution is 0.0853. The molecule has 0 amide bonds. The first kappa shape index (κ1) is 11.0. The minimum atomic E-state index is 0.520. The predicted molar refractivity (Wildman–Crippen MR) is 60.5 cm³/mol. The van der Waals surface area contributed by atoms with E-state index in [1.807, 2.05) is 12.1 Å². The molecule has 3 heteroatoms. The molecule has 2 rings (SSSR count). The molecule has 16 heavy (non-hydrogen) atoms. The number of ether oxygens (including phenoxy) is 2. The largest absolute Gasteiger partial charge is 0.495 e. The number of methoxy groups -OCH3 is 1. The fourth-order valence-corrected chi connectivity index (χ4v) is 2.10. The molecular weight excluding hydrogens is 202 g/mol. The van der Waals surface area contributed by atoms with Gasteiger partial charge in [-0.3, -0.25) is 0 Å². The summed E-state index contributed by atoms with van der Waals surface area (Å²) < 4.78 is 10.5. The van der Waals surface area contributed by atoms with Crippen LogP contribution in [0.2, 0.25) is 0 Å². The van der Waals surface area contributed by atoms with E-state index in [4.69, 9.17) is 14.7 Å². The van der Waals surface area contributed by atoms with Crippen molar-refractivity contribution in [1.29, 1.82) is 5.26 Å². The molecule has 0 radical (unpaired) electrons. The minimum Gasteiger partial charge on any atom is -0.495 e. The van der Waals surface area contributed by atoms with Crippen LogP contribution in [-0.2, 0) is 4.74 Å². The van der Waals surface area contributed by atoms with E-state index in [-0.39, 0.29) is 0 Å². The second-order valence-corrected chi connectivity index (χ2v) is 3.96. The average molecular weight is 217 g/mol. The van der Waals surface area contributed by atoms with Gasteiger partial charge in [0.2, 0.25) is 0 Å². The molecule has 0 bridgehead atoms. The van der Waals surface area contributed by atoms with Crippen molar-refractivity contribution in [1.82, 2.24) is 0 Å². The highest BCUT2D eigenvalue weighted by Crippen LogP contribution is 2.30. The Morgan fingerprint density at radius 3 is 2.75 bits per heavy atom. The molecule has 1 heterocycles. The summed E-state index contributed by atoms with van der Waals surface area (Å²) in [5, 5.41) is 9.02. The Morgan fingerprint density at radius 1 is 1.38 bits per heavy atom. The molecule has 3 nitrogen and oxygen atoms in total. The van der Waals surface area contributed by atoms with E-state index in [2.05, 4.69) is 12.1 Å². The molecule has 0 atom stereocenters. The van der Waals surface area contributed by atoms with Gasteiger partial charge in [0.15, 0.2) is 0 Å². The van der Waals surface area contributed by atoms with Gasteiger partial charge in [0.1, 0.15) is 11.8 Å². The fraction of sp³-hybridized carbons (Fsp3) is 0.462. The summed E-state index contributed by atoms with van der Waals surface area (Å²) >= 11 is 0. The van der Waals surface area contributed by atoms with E-state index < -0.39 is 0 Å². The predicted octanol–water partition coefficient (Wildman–Crippen LogP) is 2.46. The van der Waals surface area contributed by atoms with Crippen LogP contribution in [0, 0.1) is 11.3 Å². The zero-order valence-corrected chi connectivity index (χ0v) is 9.40. The van der Waals surface area contributed by atoms with Gasteiger partial charge in [-0.15, -0.1) is 0 Å². The Hall–Kier alpha value is -1.53. The Bertz CT molecular complexity index is 403. The van der Waals surface area contributed by atoms with Crippen molar-refractivity contribution in [3.63, 3.8) is 0 Å². The lowest BCUT2D eigenvalue weighted by Gasteiger charge is -2.22. The number of hydrogen-bond donors (Lipinski definition) is 0. The maximum absolute atomic E-state index is 9.02. The summed E-state index contributed by atoms with van der Waals surface area (Å²) in [7, 11) is 1.59. The molecule has 84 valence electrons. The molecule has 1 aliphatic heterocycles. The van der Waals surface area contributed by atoms with Gasteiger partial charge in [-0.25, -0.2) is 0 Å². The van der Waals surface area contributed by atoms with Crippen LogP contribution in [0.1, 0.15) is 29.9 Å². The summed E-state index contributed by atoms with van der Waals surface area (Å²) in [6, 6.07) is 8.04. The third kappa shape index (κ3) is 2.17. The lowest BCUT2D eigenvalue weighted by Crippen LogP contribution is -2.14. The molecule has 1 aliphatic rings. The molecule has 0 aliphatic carbocycles. The summed E-state index contributed by atoms with van der Waals surface area (Å²) in [6.45, 7) is 1.64. The minimum absolute atomic E-state index is 0.520. The Kier molecular flexibility index (Phi) is 3.43. The van der Waals surface area contributed by atoms with Crippen molar-refractivity contribution in [3.05, 3.63) is 29.3 Å². The van der Waals surface area contributed by atoms with Crippen LogP contribution in [0.15, 0.2) is 18.2 Å². The van der Waals surface area contributed by atoms with Crippen LogP contribution in [0.25, 0.3) is 0 Å². The van der Waals surface area contributed by atoms with E-state index in [1.165, 1.54) is 5.56 Å². The van der Waals surface area contributed by atoms with E-state index in [9.17, 15) is 0 Å². The number of nitriles is 1. The van der Waals surface area contributed by atoms with E-state index in [0.717, 1.165) is 26.1 Å². The van der Waals surface area contributed by atoms with Gasteiger partial charge in [-0.2, -0.15) is 5.26 Å². The molecule has 0 unspecified atom stereocenters. The van der Waals surface area contributed by atoms with Crippen molar-refractivity contribution in [2.75, 3.05) is 20.3 Å². The first-order chi connectivity index (χ1) is 7.85. The molecule has 1 aromatic carbocycles. The zero-order valence-electron chi connectivity index (χ0n) is 9.40. The van der Waals surface area contributed by atoms with Gasteiger partial charge in [0.25, 0.3) is 0 Å². The Balaban J connectivity index is 2.25. The molecule has 0 spiro atoms. The monoisotopic (exact) mass is 217 g/mol. The summed E-state index contributed by atoms with van der Waals surface area (Å²) in [6.07, 6.45) is 2.08. The molecule has 0 N–H and O–H groups in total. The number of hydrogen-bond acceptors (Lipinski definition) is 3. The first-order valence-electron chi connectivity index (χ1n) is 5.51. The van der Waals surface area contributed by atoms with Crippen LogP contribution in [0.4, 0.5) is 0 Å². The van der Waals surface area contributed by atoms with Gasteiger partial charge < -0.3 is 9.47 Å². The smallest absolute Gasteiger partial charge is 0.136 e. The SMILES string of the molecule is COc1ccc(C2CCOCC2)cc1C#N. The van der Waals surface area contributed by atoms with Crippen LogP contribution >= 0.6 is 0 Å². The second-order valence-electron chi connectivity index (χ2n) is 3.96. The zero-order chi connectivity index (χ0) is 11.4. The quantitative estimate of drug-likeness (QED) is 0.764. The van der Waals surface area contributed by atoms with E-state index in [1.54, 1.807) is 7.11 Å². The first-order valence-corrected chi connectivity index (χ1v) is 5.51. The van der Waals surface area contributed by atoms with Crippen molar-refractivity contribution in [3.8, 4) is 11.8 Å². The van der Waals surface area contributed by atoms with Crippen LogP contribution in [-0.4, -0.2) is 20.3 Å². The highest BCUT2D eigenvalue weighted by atomic mass is 16.5. The molecule has 0 saturated carbocycles. The molecule has 1 saturated heterocycles. The third-order valence-corrected chi connectivity index (χ3v) is 3.04. The number of nitrogens with zero attached hydrogens (tertiary/aromatic N) is 1. The fourth-order valence-electron chi connectivity index (χ4n) is 2.10. The van der Waals surface area contributed by atoms with Crippen molar-refractivity contribution in [2.24, 2.45) is 0 Å². The summed E-state index contributed by atoms with van der Waals surface area (Å²) in [4.78, 5) is 0. The van der Waals surface area contributed by atoms with Gasteiger partial charge in [-0.05, 0) is 36.5 Å². The summed E-state index contributed by atoms with van der Waals surface area (Å²) in [5.74, 6) is 1.17. The normalized spacial score (nSPS) is 16.8. The Labute approximate surface area is 95.6 Å². The molecular formula is C13H15NO2. The third-order valence-electron chi connectivity index (χ3n) is 3.04. The second kappa shape index (κ2) is 5.00.